The second kappa shape index (κ2) is 35.3. The Balaban J connectivity index is 0.614. The number of aliphatic hydroxyl groups is 1. The number of morpholine rings is 1. The summed E-state index contributed by atoms with van der Waals surface area (Å²) in [6.07, 6.45) is 7.75. The minimum absolute atomic E-state index is 0.0199. The molecular weight excluding hydrogens is 1410 g/mol. The van der Waals surface area contributed by atoms with E-state index >= 15 is 0 Å². The molecule has 11 rings (SSSR count). The summed E-state index contributed by atoms with van der Waals surface area (Å²) in [5.74, 6) is -1.06. The summed E-state index contributed by atoms with van der Waals surface area (Å²) >= 11 is 8.00. The normalized spacial score (nSPS) is 22.8. The average Bonchev–Trinajstić information content (AvgIpc) is 1.08. The Morgan fingerprint density at radius 1 is 0.811 bits per heavy atom. The maximum Gasteiger partial charge on any atom is 0.501 e. The largest absolute Gasteiger partial charge is 0.501 e. The molecule has 0 radical (unpaired) electrons. The van der Waals surface area contributed by atoms with Gasteiger partial charge in [0.15, 0.2) is 0 Å². The molecule has 1 saturated carbocycles. The summed E-state index contributed by atoms with van der Waals surface area (Å²) in [5.41, 5.74) is 4.10. The van der Waals surface area contributed by atoms with E-state index in [1.54, 1.807) is 23.5 Å². The van der Waals surface area contributed by atoms with Gasteiger partial charge in [-0.3, -0.25) is 38.7 Å². The Morgan fingerprint density at radius 2 is 1.46 bits per heavy atom. The molecule has 2 aliphatic carbocycles. The van der Waals surface area contributed by atoms with E-state index in [4.69, 9.17) is 16.3 Å². The van der Waals surface area contributed by atoms with Crippen molar-refractivity contribution in [1.82, 2.24) is 40.1 Å². The first-order valence-corrected chi connectivity index (χ1v) is 40.9. The fraction of sp³-hybridized carbons (Fsp3) is 0.580. The minimum atomic E-state index is -5.73. The van der Waals surface area contributed by atoms with Gasteiger partial charge < -0.3 is 40.5 Å². The molecule has 6 aliphatic rings. The van der Waals surface area contributed by atoms with Crippen molar-refractivity contribution in [3.05, 3.63) is 135 Å². The number of aryl methyl sites for hydroxylation is 1. The van der Waals surface area contributed by atoms with E-state index in [1.165, 1.54) is 33.7 Å². The number of sulfone groups is 1. The number of benzene rings is 4. The second-order valence-corrected chi connectivity index (χ2v) is 35.2. The fourth-order valence-corrected chi connectivity index (χ4v) is 18.5. The van der Waals surface area contributed by atoms with Crippen LogP contribution in [0.4, 0.5) is 24.5 Å². The third-order valence-electron chi connectivity index (χ3n) is 23.1. The molecule has 4 saturated heterocycles. The molecule has 6 atom stereocenters. The summed E-state index contributed by atoms with van der Waals surface area (Å²) < 4.78 is 73.6. The number of rotatable bonds is 27. The number of alkyl halides is 3. The second-order valence-electron chi connectivity index (χ2n) is 32.0. The van der Waals surface area contributed by atoms with Crippen LogP contribution in [0, 0.1) is 35.5 Å². The zero-order chi connectivity index (χ0) is 75.7. The van der Waals surface area contributed by atoms with Gasteiger partial charge in [0.05, 0.1) is 52.0 Å². The van der Waals surface area contributed by atoms with Gasteiger partial charge in [-0.25, -0.2) is 13.4 Å². The van der Waals surface area contributed by atoms with Gasteiger partial charge in [0.1, 0.15) is 11.8 Å². The Labute approximate surface area is 633 Å². The van der Waals surface area contributed by atoms with Crippen LogP contribution in [0.15, 0.2) is 107 Å². The van der Waals surface area contributed by atoms with Crippen molar-refractivity contribution in [2.24, 2.45) is 28.6 Å². The number of aliphatic hydroxyl groups excluding tert-OH is 1. The highest BCUT2D eigenvalue weighted by Crippen LogP contribution is 2.45. The number of thiazole rings is 1. The van der Waals surface area contributed by atoms with Crippen molar-refractivity contribution >= 4 is 79.1 Å². The molecule has 5 fully saturated rings. The number of nitrogens with one attached hydrogen (secondary N) is 3. The van der Waals surface area contributed by atoms with Crippen molar-refractivity contribution in [3.63, 3.8) is 0 Å². The monoisotopic (exact) mass is 1520 g/mol. The number of anilines is 2. The SMILES string of the molecule is CC[C@@H](CCN1CCOCC1)Nc1ccc(CNC(=O)c2ccc(N3CCN(CC4=C(c5ccc(Cl)cc5)CCC(C)(CN5CCN(C(=O)CC6CCC(CC(=O)C[C@H](C(=O)N7C[C@H](O)C[C@H]7C(=O)N[C@@H](C)c7ccc(-c8scnc8C)cc7)C(C)(C)C)CC6)CC5)C4)CC3)cc2)cc1S(=O)(=O)C(F)(F)F. The first-order valence-electron chi connectivity index (χ1n) is 38.1. The third kappa shape index (κ3) is 20.6. The highest BCUT2D eigenvalue weighted by molar-refractivity contribution is 7.92. The van der Waals surface area contributed by atoms with Crippen molar-refractivity contribution in [3.8, 4) is 10.4 Å². The summed E-state index contributed by atoms with van der Waals surface area (Å²) in [6, 6.07) is 25.9. The number of carbonyl (C=O) groups is 5. The third-order valence-corrected chi connectivity index (χ3v) is 25.8. The Kier molecular flexibility index (Phi) is 26.7. The Hall–Kier alpha value is -6.77. The van der Waals surface area contributed by atoms with Crippen LogP contribution in [-0.4, -0.2) is 201 Å². The molecule has 4 amide bonds. The van der Waals surface area contributed by atoms with E-state index in [0.717, 1.165) is 144 Å². The first-order chi connectivity index (χ1) is 50.5. The molecule has 4 aromatic carbocycles. The summed E-state index contributed by atoms with van der Waals surface area (Å²) in [4.78, 5) is 87.6. The number of hydrogen-bond donors (Lipinski definition) is 4. The van der Waals surface area contributed by atoms with Gasteiger partial charge in [0.25, 0.3) is 15.7 Å². The molecule has 25 heteroatoms. The van der Waals surface area contributed by atoms with E-state index < -0.39 is 49.6 Å². The number of hydrogen-bond acceptors (Lipinski definition) is 16. The highest BCUT2D eigenvalue weighted by Gasteiger charge is 2.49. The predicted octanol–water partition coefficient (Wildman–Crippen LogP) is 12.9. The lowest BCUT2D eigenvalue weighted by molar-refractivity contribution is -0.146. The summed E-state index contributed by atoms with van der Waals surface area (Å²) in [6.45, 7) is 25.3. The maximum atomic E-state index is 14.5. The summed E-state index contributed by atoms with van der Waals surface area (Å²) in [5, 5.41) is 20.5. The number of amides is 4. The van der Waals surface area contributed by atoms with E-state index in [0.29, 0.717) is 69.1 Å². The van der Waals surface area contributed by atoms with Crippen LogP contribution in [0.5, 0.6) is 0 Å². The van der Waals surface area contributed by atoms with Gasteiger partial charge in [0.2, 0.25) is 17.7 Å². The lowest BCUT2D eigenvalue weighted by atomic mass is 9.71. The molecule has 5 heterocycles. The lowest BCUT2D eigenvalue weighted by Crippen LogP contribution is -2.52. The number of ketones is 1. The zero-order valence-electron chi connectivity index (χ0n) is 62.7. The van der Waals surface area contributed by atoms with Crippen molar-refractivity contribution < 1.29 is 55.4 Å². The number of β-amino-alcohol motifs (C(OH)–C–C–N with tert-alkyl or cyclic N) is 1. The molecule has 4 aliphatic heterocycles. The van der Waals surface area contributed by atoms with E-state index in [-0.39, 0.29) is 90.0 Å². The molecule has 1 aromatic heterocycles. The van der Waals surface area contributed by atoms with Crippen LogP contribution < -0.4 is 20.9 Å². The van der Waals surface area contributed by atoms with Crippen LogP contribution >= 0.6 is 22.9 Å². The first kappa shape index (κ1) is 80.3. The molecule has 106 heavy (non-hydrogen) atoms. The van der Waals surface area contributed by atoms with E-state index in [2.05, 4.69) is 59.6 Å². The van der Waals surface area contributed by atoms with Crippen LogP contribution in [0.1, 0.15) is 164 Å². The van der Waals surface area contributed by atoms with Gasteiger partial charge in [-0.05, 0) is 171 Å². The van der Waals surface area contributed by atoms with Gasteiger partial charge in [0, 0.05) is 152 Å². The number of piperazine rings is 2. The van der Waals surface area contributed by atoms with E-state index in [9.17, 15) is 50.7 Å². The Morgan fingerprint density at radius 3 is 2.09 bits per heavy atom. The summed E-state index contributed by atoms with van der Waals surface area (Å²) in [7, 11) is -5.73. The van der Waals surface area contributed by atoms with Gasteiger partial charge >= 0.3 is 5.51 Å². The molecule has 0 bridgehead atoms. The topological polar surface area (TPSA) is 217 Å². The molecule has 0 spiro atoms. The van der Waals surface area contributed by atoms with Crippen molar-refractivity contribution in [2.45, 2.75) is 173 Å². The number of Topliss-reactive ketones (excluding diaryl/α,β-unsaturated/α-hetero) is 1. The average molecular weight is 1520 g/mol. The molecular formula is C81H108ClF3N10O9S2. The van der Waals surface area contributed by atoms with E-state index in [1.807, 2.05) is 100 Å². The lowest BCUT2D eigenvalue weighted by Gasteiger charge is -2.44. The molecule has 1 unspecified atom stereocenters. The van der Waals surface area contributed by atoms with Crippen LogP contribution in [-0.2, 0) is 40.3 Å². The highest BCUT2D eigenvalue weighted by atomic mass is 35.5. The maximum absolute atomic E-state index is 14.5. The van der Waals surface area contributed by atoms with Gasteiger partial charge in [-0.15, -0.1) is 11.3 Å². The Bertz CT molecular complexity index is 3990. The van der Waals surface area contributed by atoms with Crippen molar-refractivity contribution in [1.29, 1.82) is 0 Å². The number of aromatic nitrogens is 1. The standard InChI is InChI=1S/C81H108ClF3N10O9S2/c1-8-65(28-30-90-39-41-104-42-40-90)89-71-26-13-58(44-73(71)106(102,103)81(83,84)85)49-86-76(99)62-20-24-66(25-21-62)93-35-31-91(32-36-93)50-63-48-80(7,29-27-69(63)60-18-22-64(82)23-19-60)52-92-33-37-94(38-34-92)74(98)45-57-11-9-56(10-12-57)43-67(96)46-70(79(4,5)6)78(101)95-51-68(97)47-72(95)77(100)88-54(2)59-14-16-61(17-15-59)75-55(3)87-53-105-75/h13-26,44,53-54,56-57,65,68,70,72,89,97H,8-12,27-43,45-52H2,1-7H3,(H,86,99)(H,88,100)/t54-,56?,57?,65-,68+,70+,72-,80?/m0/s1. The molecule has 4 N–H and O–H groups in total. The number of nitrogens with zero attached hydrogens (tertiary/aromatic N) is 7. The molecule has 576 valence electrons. The smallest absolute Gasteiger partial charge is 0.391 e. The molecule has 19 nitrogen and oxygen atoms in total. The van der Waals surface area contributed by atoms with Crippen LogP contribution in [0.2, 0.25) is 5.02 Å². The van der Waals surface area contributed by atoms with Gasteiger partial charge in [-0.1, -0.05) is 94.3 Å². The number of halogens is 4. The number of likely N-dealkylation sites (tertiary alicyclic amines) is 1. The van der Waals surface area contributed by atoms with Crippen LogP contribution in [0.3, 0.4) is 0 Å². The van der Waals surface area contributed by atoms with Crippen LogP contribution in [0.25, 0.3) is 16.0 Å². The quantitative estimate of drug-likeness (QED) is 0.0384. The minimum Gasteiger partial charge on any atom is -0.391 e. The van der Waals surface area contributed by atoms with Gasteiger partial charge in [-0.2, -0.15) is 13.2 Å². The predicted molar refractivity (Wildman–Crippen MR) is 411 cm³/mol. The number of carbonyl (C=O) groups excluding carboxylic acids is 5. The number of ether oxygens (including phenoxy) is 1. The number of allylic oxidation sites excluding steroid dienone is 1. The molecule has 5 aromatic rings. The van der Waals surface area contributed by atoms with Crippen molar-refractivity contribution in [2.75, 3.05) is 115 Å². The zero-order valence-corrected chi connectivity index (χ0v) is 65.1. The fourth-order valence-electron chi connectivity index (χ4n) is 16.6.